The fourth-order valence-electron chi connectivity index (χ4n) is 7.10. The first kappa shape index (κ1) is 60.7. The summed E-state index contributed by atoms with van der Waals surface area (Å²) in [7, 11) is 0. The van der Waals surface area contributed by atoms with E-state index in [1.165, 1.54) is 4.90 Å². The number of nitrogens with one attached hydrogen (secondary N) is 7. The minimum atomic E-state index is -1.63. The van der Waals surface area contributed by atoms with Gasteiger partial charge in [0.1, 0.15) is 48.3 Å². The Hall–Kier alpha value is -6.35. The predicted molar refractivity (Wildman–Crippen MR) is 253 cm³/mol. The standard InChI is InChI=1S/C42H77N15O12/c1-7-23(6)32(38(66)53-26(12-9-15-49-42(46)47)35(63)55-31(22(4)5)40(68)69)56-36(64)27(17-21(2)3)51-30(60)18-50-33(61)28(20-59)54-34(62)25(11-8-14-48-41(44)45)52-37(65)29-13-10-16-57(29)39(67)24(43)19-58/h21-29,31-32,58-59H,7-20,43H2,1-6H3,(H,50,61)(H,51,60)(H,52,65)(H,53,66)(H,54,62)(H,55,63)(H,56,64)(H,68,69)(H4,44,45,48)(H4,46,47,49)/t23-,24-,25-,26-,27-,28-,29-,31-,32-/m0/s1. The average molecular weight is 984 g/mol. The molecule has 69 heavy (non-hydrogen) atoms. The van der Waals surface area contributed by atoms with Gasteiger partial charge in [0.15, 0.2) is 11.9 Å². The van der Waals surface area contributed by atoms with Crippen LogP contribution in [0, 0.1) is 17.8 Å². The number of rotatable bonds is 31. The van der Waals surface area contributed by atoms with Gasteiger partial charge in [0, 0.05) is 19.6 Å². The van der Waals surface area contributed by atoms with E-state index in [0.717, 1.165) is 0 Å². The number of guanidine groups is 2. The Morgan fingerprint density at radius 1 is 0.667 bits per heavy atom. The Morgan fingerprint density at radius 2 is 1.19 bits per heavy atom. The summed E-state index contributed by atoms with van der Waals surface area (Å²) in [5, 5.41) is 46.7. The lowest BCUT2D eigenvalue weighted by Crippen LogP contribution is -2.60. The number of hydrogen-bond acceptors (Lipinski definition) is 14. The van der Waals surface area contributed by atoms with Crippen molar-refractivity contribution in [3.63, 3.8) is 0 Å². The summed E-state index contributed by atoms with van der Waals surface area (Å²) < 4.78 is 0. The Labute approximate surface area is 402 Å². The lowest BCUT2D eigenvalue weighted by Gasteiger charge is -2.29. The van der Waals surface area contributed by atoms with Crippen molar-refractivity contribution < 1.29 is 58.5 Å². The van der Waals surface area contributed by atoms with E-state index in [-0.39, 0.29) is 76.0 Å². The van der Waals surface area contributed by atoms with Crippen molar-refractivity contribution in [1.82, 2.24) is 42.1 Å². The maximum absolute atomic E-state index is 13.9. The summed E-state index contributed by atoms with van der Waals surface area (Å²) in [6.07, 6.45) is 1.51. The van der Waals surface area contributed by atoms with Crippen LogP contribution in [0.5, 0.6) is 0 Å². The number of carbonyl (C=O) groups is 9. The van der Waals surface area contributed by atoms with E-state index >= 15 is 0 Å². The number of amides is 8. The molecule has 0 saturated carbocycles. The predicted octanol–water partition coefficient (Wildman–Crippen LogP) is -5.75. The lowest BCUT2D eigenvalue weighted by atomic mass is 9.96. The molecular formula is C42H77N15O12. The molecule has 0 aromatic carbocycles. The summed E-state index contributed by atoms with van der Waals surface area (Å²) in [5.41, 5.74) is 27.3. The molecule has 0 unspecified atom stereocenters. The molecule has 392 valence electrons. The van der Waals surface area contributed by atoms with E-state index in [1.807, 2.05) is 0 Å². The zero-order valence-electron chi connectivity index (χ0n) is 40.5. The highest BCUT2D eigenvalue weighted by atomic mass is 16.4. The SMILES string of the molecule is CC[C@H](C)[C@H](NC(=O)[C@H](CC(C)C)NC(=O)CNC(=O)[C@H](CO)NC(=O)[C@H](CCCN=C(N)N)NC(=O)[C@@H]1CCCN1C(=O)[C@@H](N)CO)C(=O)N[C@@H](CCCN=C(N)N)C(=O)N[C@H](C(=O)O)C(C)C. The summed E-state index contributed by atoms with van der Waals surface area (Å²) in [6.45, 7) is 8.26. The molecule has 0 aromatic heterocycles. The Kier molecular flexibility index (Phi) is 27.2. The molecule has 8 amide bonds. The molecule has 9 atom stereocenters. The molecule has 0 aromatic rings. The number of hydrogen-bond donors (Lipinski definition) is 15. The summed E-state index contributed by atoms with van der Waals surface area (Å²) in [6, 6.07) is -10.2. The van der Waals surface area contributed by atoms with Crippen LogP contribution in [0.15, 0.2) is 9.98 Å². The number of carboxylic acid groups (broad SMARTS) is 1. The molecule has 0 radical (unpaired) electrons. The summed E-state index contributed by atoms with van der Waals surface area (Å²) in [5.74, 6) is -9.28. The lowest BCUT2D eigenvalue weighted by molar-refractivity contribution is -0.143. The zero-order chi connectivity index (χ0) is 52.5. The maximum atomic E-state index is 13.9. The molecule has 0 bridgehead atoms. The van der Waals surface area contributed by atoms with Gasteiger partial charge in [-0.2, -0.15) is 0 Å². The van der Waals surface area contributed by atoms with Crippen LogP contribution in [0.25, 0.3) is 0 Å². The van der Waals surface area contributed by atoms with Gasteiger partial charge in [-0.15, -0.1) is 0 Å². The third kappa shape index (κ3) is 21.7. The van der Waals surface area contributed by atoms with E-state index in [1.54, 1.807) is 41.5 Å². The largest absolute Gasteiger partial charge is 0.480 e. The fourth-order valence-corrected chi connectivity index (χ4v) is 7.10. The molecule has 1 rings (SSSR count). The van der Waals surface area contributed by atoms with Gasteiger partial charge in [-0.3, -0.25) is 48.3 Å². The van der Waals surface area contributed by atoms with Crippen molar-refractivity contribution in [3.8, 4) is 0 Å². The van der Waals surface area contributed by atoms with Crippen molar-refractivity contribution in [2.24, 2.45) is 56.4 Å². The molecule has 0 spiro atoms. The highest BCUT2D eigenvalue weighted by molar-refractivity contribution is 5.97. The number of nitrogens with two attached hydrogens (primary N) is 5. The number of aliphatic hydroxyl groups excluding tert-OH is 2. The van der Waals surface area contributed by atoms with Gasteiger partial charge in [-0.1, -0.05) is 48.0 Å². The monoisotopic (exact) mass is 984 g/mol. The van der Waals surface area contributed by atoms with Gasteiger partial charge in [-0.25, -0.2) is 4.79 Å². The summed E-state index contributed by atoms with van der Waals surface area (Å²) in [4.78, 5) is 128. The molecule has 1 aliphatic heterocycles. The van der Waals surface area contributed by atoms with Gasteiger partial charge >= 0.3 is 5.97 Å². The number of aliphatic hydroxyl groups is 2. The molecule has 1 fully saturated rings. The van der Waals surface area contributed by atoms with E-state index in [2.05, 4.69) is 47.2 Å². The minimum Gasteiger partial charge on any atom is -0.480 e. The van der Waals surface area contributed by atoms with Crippen LogP contribution in [0.3, 0.4) is 0 Å². The van der Waals surface area contributed by atoms with Gasteiger partial charge in [0.05, 0.1) is 19.8 Å². The van der Waals surface area contributed by atoms with Crippen molar-refractivity contribution in [2.45, 2.75) is 141 Å². The second-order valence-electron chi connectivity index (χ2n) is 17.7. The molecule has 1 saturated heterocycles. The molecule has 27 nitrogen and oxygen atoms in total. The van der Waals surface area contributed by atoms with E-state index in [4.69, 9.17) is 28.7 Å². The van der Waals surface area contributed by atoms with Gasteiger partial charge < -0.3 is 86.1 Å². The quantitative estimate of drug-likeness (QED) is 0.0175. The van der Waals surface area contributed by atoms with Crippen LogP contribution in [-0.4, -0.2) is 173 Å². The number of aliphatic imine (C=N–C) groups is 2. The zero-order valence-corrected chi connectivity index (χ0v) is 40.5. The first-order valence-corrected chi connectivity index (χ1v) is 23.1. The van der Waals surface area contributed by atoms with Crippen LogP contribution in [-0.2, 0) is 43.2 Å². The maximum Gasteiger partial charge on any atom is 0.326 e. The first-order valence-electron chi connectivity index (χ1n) is 23.1. The number of aliphatic carboxylic acids is 1. The molecule has 1 aliphatic rings. The van der Waals surface area contributed by atoms with Crippen molar-refractivity contribution >= 4 is 65.1 Å². The number of likely N-dealkylation sites (tertiary alicyclic amines) is 1. The normalized spacial score (nSPS) is 16.8. The Bertz CT molecular complexity index is 1810. The number of nitrogens with zero attached hydrogens (tertiary/aromatic N) is 3. The first-order chi connectivity index (χ1) is 32.4. The van der Waals surface area contributed by atoms with Gasteiger partial charge in [-0.05, 0) is 62.7 Å². The van der Waals surface area contributed by atoms with Crippen LogP contribution in [0.1, 0.15) is 92.9 Å². The Balaban J connectivity index is 3.18. The van der Waals surface area contributed by atoms with Crippen molar-refractivity contribution in [3.05, 3.63) is 0 Å². The topological polar surface area (TPSA) is 457 Å². The number of carbonyl (C=O) groups excluding carboxylic acids is 8. The average Bonchev–Trinajstić information content (AvgIpc) is 3.78. The minimum absolute atomic E-state index is 0.00150. The summed E-state index contributed by atoms with van der Waals surface area (Å²) >= 11 is 0. The highest BCUT2D eigenvalue weighted by Crippen LogP contribution is 2.19. The Morgan fingerprint density at radius 3 is 1.68 bits per heavy atom. The smallest absolute Gasteiger partial charge is 0.326 e. The van der Waals surface area contributed by atoms with E-state index < -0.39 is 133 Å². The molecule has 20 N–H and O–H groups in total. The van der Waals surface area contributed by atoms with Crippen LogP contribution in [0.2, 0.25) is 0 Å². The fraction of sp³-hybridized carbons (Fsp3) is 0.738. The van der Waals surface area contributed by atoms with Crippen molar-refractivity contribution in [2.75, 3.05) is 39.4 Å². The van der Waals surface area contributed by atoms with Crippen LogP contribution >= 0.6 is 0 Å². The highest BCUT2D eigenvalue weighted by Gasteiger charge is 2.38. The molecule has 1 heterocycles. The van der Waals surface area contributed by atoms with E-state index in [9.17, 15) is 58.5 Å². The molecular weight excluding hydrogens is 907 g/mol. The van der Waals surface area contributed by atoms with Crippen LogP contribution < -0.4 is 65.9 Å². The third-order valence-electron chi connectivity index (χ3n) is 11.1. The van der Waals surface area contributed by atoms with Crippen molar-refractivity contribution in [1.29, 1.82) is 0 Å². The molecule has 0 aliphatic carbocycles. The number of carboxylic acids is 1. The van der Waals surface area contributed by atoms with Gasteiger partial charge in [0.2, 0.25) is 47.3 Å². The van der Waals surface area contributed by atoms with Gasteiger partial charge in [0.25, 0.3) is 0 Å². The second-order valence-corrected chi connectivity index (χ2v) is 17.7. The second kappa shape index (κ2) is 30.9. The third-order valence-corrected chi connectivity index (χ3v) is 11.1. The van der Waals surface area contributed by atoms with Crippen LogP contribution in [0.4, 0.5) is 0 Å². The van der Waals surface area contributed by atoms with E-state index in [0.29, 0.717) is 12.8 Å². The molecule has 27 heteroatoms.